The topological polar surface area (TPSA) is 73.0 Å². The molecule has 0 aliphatic carbocycles. The largest absolute Gasteiger partial charge is 0.375 e. The van der Waals surface area contributed by atoms with Gasteiger partial charge in [0.1, 0.15) is 5.69 Å². The highest BCUT2D eigenvalue weighted by molar-refractivity contribution is 5.66. The first-order chi connectivity index (χ1) is 8.99. The van der Waals surface area contributed by atoms with Gasteiger partial charge in [-0.3, -0.25) is 14.8 Å². The number of aromatic nitrogens is 2. The van der Waals surface area contributed by atoms with Gasteiger partial charge in [-0.2, -0.15) is 5.10 Å². The predicted molar refractivity (Wildman–Crippen MR) is 73.1 cm³/mol. The summed E-state index contributed by atoms with van der Waals surface area (Å²) in [6.45, 7) is 4.29. The van der Waals surface area contributed by atoms with Crippen LogP contribution in [0.2, 0.25) is 0 Å². The first kappa shape index (κ1) is 13.1. The lowest BCUT2D eigenvalue weighted by atomic mass is 10.1. The van der Waals surface area contributed by atoms with Gasteiger partial charge < -0.3 is 5.32 Å². The normalized spacial score (nSPS) is 10.5. The maximum absolute atomic E-state index is 11.0. The molecule has 6 nitrogen and oxygen atoms in total. The van der Waals surface area contributed by atoms with Crippen LogP contribution in [0.4, 0.5) is 11.4 Å². The molecule has 0 spiro atoms. The van der Waals surface area contributed by atoms with Gasteiger partial charge in [0.05, 0.1) is 10.6 Å². The zero-order chi connectivity index (χ0) is 14.0. The van der Waals surface area contributed by atoms with Gasteiger partial charge in [-0.05, 0) is 19.4 Å². The second kappa shape index (κ2) is 5.09. The molecule has 0 fully saturated rings. The van der Waals surface area contributed by atoms with E-state index in [-0.39, 0.29) is 10.6 Å². The molecule has 0 aliphatic rings. The molecule has 0 aliphatic heterocycles. The van der Waals surface area contributed by atoms with Gasteiger partial charge in [-0.15, -0.1) is 0 Å². The van der Waals surface area contributed by atoms with Gasteiger partial charge in [0.2, 0.25) is 0 Å². The third-order valence-electron chi connectivity index (χ3n) is 3.02. The number of hydrogen-bond donors (Lipinski definition) is 1. The van der Waals surface area contributed by atoms with Crippen molar-refractivity contribution in [3.05, 3.63) is 51.3 Å². The van der Waals surface area contributed by atoms with E-state index in [2.05, 4.69) is 10.4 Å². The van der Waals surface area contributed by atoms with E-state index in [1.807, 2.05) is 33.2 Å². The SMILES string of the molecule is Cc1cccc([N+](=O)[O-])c1NCc1cn(C)nc1C. The van der Waals surface area contributed by atoms with Crippen LogP contribution < -0.4 is 5.32 Å². The molecular weight excluding hydrogens is 244 g/mol. The molecule has 0 saturated carbocycles. The van der Waals surface area contributed by atoms with Crippen molar-refractivity contribution >= 4 is 11.4 Å². The molecule has 2 rings (SSSR count). The number of hydrogen-bond acceptors (Lipinski definition) is 4. The molecule has 0 unspecified atom stereocenters. The molecule has 1 aromatic carbocycles. The van der Waals surface area contributed by atoms with E-state index in [1.165, 1.54) is 6.07 Å². The van der Waals surface area contributed by atoms with Crippen LogP contribution in [0, 0.1) is 24.0 Å². The van der Waals surface area contributed by atoms with Crippen molar-refractivity contribution in [3.8, 4) is 0 Å². The third-order valence-corrected chi connectivity index (χ3v) is 3.02. The summed E-state index contributed by atoms with van der Waals surface area (Å²) in [6.07, 6.45) is 1.91. The first-order valence-electron chi connectivity index (χ1n) is 5.96. The van der Waals surface area contributed by atoms with Crippen molar-refractivity contribution in [2.24, 2.45) is 7.05 Å². The fraction of sp³-hybridized carbons (Fsp3) is 0.308. The van der Waals surface area contributed by atoms with Crippen LogP contribution in [-0.2, 0) is 13.6 Å². The van der Waals surface area contributed by atoms with Crippen molar-refractivity contribution < 1.29 is 4.92 Å². The van der Waals surface area contributed by atoms with Crippen molar-refractivity contribution in [1.82, 2.24) is 9.78 Å². The highest BCUT2D eigenvalue weighted by atomic mass is 16.6. The Balaban J connectivity index is 2.24. The summed E-state index contributed by atoms with van der Waals surface area (Å²) < 4.78 is 1.73. The minimum absolute atomic E-state index is 0.0987. The summed E-state index contributed by atoms with van der Waals surface area (Å²) in [5.74, 6) is 0. The Morgan fingerprint density at radius 2 is 2.16 bits per heavy atom. The Bertz CT molecular complexity index is 619. The Hall–Kier alpha value is -2.37. The van der Waals surface area contributed by atoms with E-state index in [0.717, 1.165) is 16.8 Å². The number of nitrogens with one attached hydrogen (secondary N) is 1. The lowest BCUT2D eigenvalue weighted by Crippen LogP contribution is -2.04. The molecule has 0 bridgehead atoms. The number of aryl methyl sites for hydroxylation is 3. The standard InChI is InChI=1S/C13H16N4O2/c1-9-5-4-6-12(17(18)19)13(9)14-7-11-8-16(3)15-10(11)2/h4-6,8,14H,7H2,1-3H3. The summed E-state index contributed by atoms with van der Waals surface area (Å²) in [7, 11) is 1.85. The van der Waals surface area contributed by atoms with Gasteiger partial charge >= 0.3 is 0 Å². The van der Waals surface area contributed by atoms with Gasteiger partial charge in [-0.25, -0.2) is 0 Å². The Morgan fingerprint density at radius 1 is 1.42 bits per heavy atom. The van der Waals surface area contributed by atoms with Crippen LogP contribution in [0.3, 0.4) is 0 Å². The molecule has 2 aromatic rings. The number of benzene rings is 1. The Morgan fingerprint density at radius 3 is 2.74 bits per heavy atom. The van der Waals surface area contributed by atoms with Crippen LogP contribution in [-0.4, -0.2) is 14.7 Å². The molecule has 19 heavy (non-hydrogen) atoms. The minimum Gasteiger partial charge on any atom is -0.375 e. The summed E-state index contributed by atoms with van der Waals surface area (Å²) in [4.78, 5) is 10.6. The van der Waals surface area contributed by atoms with Crippen LogP contribution in [0.25, 0.3) is 0 Å². The van der Waals surface area contributed by atoms with Crippen molar-refractivity contribution in [1.29, 1.82) is 0 Å². The van der Waals surface area contributed by atoms with Crippen molar-refractivity contribution in [2.75, 3.05) is 5.32 Å². The monoisotopic (exact) mass is 260 g/mol. The van der Waals surface area contributed by atoms with Crippen LogP contribution in [0.5, 0.6) is 0 Å². The molecule has 0 atom stereocenters. The van der Waals surface area contributed by atoms with E-state index < -0.39 is 0 Å². The van der Waals surface area contributed by atoms with Gasteiger partial charge in [0.15, 0.2) is 0 Å². The van der Waals surface area contributed by atoms with Crippen LogP contribution >= 0.6 is 0 Å². The van der Waals surface area contributed by atoms with Crippen LogP contribution in [0.1, 0.15) is 16.8 Å². The average Bonchev–Trinajstić information content (AvgIpc) is 2.66. The number of nitro groups is 1. The summed E-state index contributed by atoms with van der Waals surface area (Å²) in [6, 6.07) is 5.05. The van der Waals surface area contributed by atoms with Crippen molar-refractivity contribution in [2.45, 2.75) is 20.4 Å². The molecule has 0 radical (unpaired) electrons. The van der Waals surface area contributed by atoms with Crippen molar-refractivity contribution in [3.63, 3.8) is 0 Å². The summed E-state index contributed by atoms with van der Waals surface area (Å²) >= 11 is 0. The van der Waals surface area contributed by atoms with Gasteiger partial charge in [0, 0.05) is 31.4 Å². The van der Waals surface area contributed by atoms with E-state index in [0.29, 0.717) is 12.2 Å². The maximum Gasteiger partial charge on any atom is 0.292 e. The van der Waals surface area contributed by atoms with Crippen LogP contribution in [0.15, 0.2) is 24.4 Å². The fourth-order valence-corrected chi connectivity index (χ4v) is 2.04. The molecule has 0 saturated heterocycles. The second-order valence-corrected chi connectivity index (χ2v) is 4.49. The minimum atomic E-state index is -0.370. The number of anilines is 1. The quantitative estimate of drug-likeness (QED) is 0.677. The highest BCUT2D eigenvalue weighted by Crippen LogP contribution is 2.28. The molecule has 100 valence electrons. The zero-order valence-electron chi connectivity index (χ0n) is 11.2. The Labute approximate surface area is 111 Å². The third kappa shape index (κ3) is 2.73. The molecule has 1 heterocycles. The lowest BCUT2D eigenvalue weighted by Gasteiger charge is -2.09. The Kier molecular flexibility index (Phi) is 3.50. The van der Waals surface area contributed by atoms with Gasteiger partial charge in [-0.1, -0.05) is 12.1 Å². The van der Waals surface area contributed by atoms with E-state index in [4.69, 9.17) is 0 Å². The number of rotatable bonds is 4. The summed E-state index contributed by atoms with van der Waals surface area (Å²) in [5, 5.41) is 18.4. The van der Waals surface area contributed by atoms with E-state index in [1.54, 1.807) is 10.7 Å². The van der Waals surface area contributed by atoms with Gasteiger partial charge in [0.25, 0.3) is 5.69 Å². The number of nitro benzene ring substituents is 1. The average molecular weight is 260 g/mol. The fourth-order valence-electron chi connectivity index (χ4n) is 2.04. The molecule has 0 amide bonds. The van der Waals surface area contributed by atoms with E-state index in [9.17, 15) is 10.1 Å². The number of para-hydroxylation sites is 1. The lowest BCUT2D eigenvalue weighted by molar-refractivity contribution is -0.384. The first-order valence-corrected chi connectivity index (χ1v) is 5.96. The smallest absolute Gasteiger partial charge is 0.292 e. The zero-order valence-corrected chi connectivity index (χ0v) is 11.2. The second-order valence-electron chi connectivity index (χ2n) is 4.49. The molecular formula is C13H16N4O2. The maximum atomic E-state index is 11.0. The molecule has 6 heteroatoms. The highest BCUT2D eigenvalue weighted by Gasteiger charge is 2.15. The molecule has 1 aromatic heterocycles. The number of nitrogens with zero attached hydrogens (tertiary/aromatic N) is 3. The molecule has 1 N–H and O–H groups in total. The predicted octanol–water partition coefficient (Wildman–Crippen LogP) is 2.56. The van der Waals surface area contributed by atoms with E-state index >= 15 is 0 Å². The summed E-state index contributed by atoms with van der Waals surface area (Å²) in [5.41, 5.74) is 3.47.